The number of unbranched alkanes of at least 4 members (excludes halogenated alkanes) is 4. The second kappa shape index (κ2) is 11.8. The second-order valence-corrected chi connectivity index (χ2v) is 13.8. The number of allylic oxidation sites excluding steroid dienone is 6. The van der Waals surface area contributed by atoms with Gasteiger partial charge in [-0.1, -0.05) is 146 Å². The molecule has 4 aromatic rings. The van der Waals surface area contributed by atoms with Crippen LogP contribution in [0.3, 0.4) is 0 Å². The van der Waals surface area contributed by atoms with E-state index in [4.69, 9.17) is 0 Å². The van der Waals surface area contributed by atoms with E-state index in [0.29, 0.717) is 0 Å². The summed E-state index contributed by atoms with van der Waals surface area (Å²) >= 11 is 0. The van der Waals surface area contributed by atoms with E-state index in [0.717, 1.165) is 13.0 Å². The van der Waals surface area contributed by atoms with Gasteiger partial charge in [0.2, 0.25) is 0 Å². The van der Waals surface area contributed by atoms with E-state index in [1.807, 2.05) is 0 Å². The van der Waals surface area contributed by atoms with Gasteiger partial charge >= 0.3 is 0 Å². The summed E-state index contributed by atoms with van der Waals surface area (Å²) in [6.45, 7) is 15.4. The summed E-state index contributed by atoms with van der Waals surface area (Å²) in [4.78, 5) is 2.63. The van der Waals surface area contributed by atoms with Crippen LogP contribution in [-0.2, 0) is 10.8 Å². The van der Waals surface area contributed by atoms with Gasteiger partial charge in [0.05, 0.1) is 0 Å². The normalized spacial score (nSPS) is 18.0. The maximum absolute atomic E-state index is 2.63. The Labute approximate surface area is 260 Å². The molecule has 4 aromatic carbocycles. The summed E-state index contributed by atoms with van der Waals surface area (Å²) in [5.74, 6) is 0. The highest BCUT2D eigenvalue weighted by Gasteiger charge is 2.41. The summed E-state index contributed by atoms with van der Waals surface area (Å²) in [5.41, 5.74) is 10.2. The topological polar surface area (TPSA) is 3.24 Å². The maximum atomic E-state index is 2.63. The third kappa shape index (κ3) is 5.05. The van der Waals surface area contributed by atoms with E-state index >= 15 is 0 Å². The zero-order chi connectivity index (χ0) is 30.2. The number of hydrogen-bond acceptors (Lipinski definition) is 1. The molecule has 1 aliphatic heterocycles. The lowest BCUT2D eigenvalue weighted by molar-refractivity contribution is 0.622. The monoisotopic (exact) mass is 567 g/mol. The average Bonchev–Trinajstić information content (AvgIpc) is 3.36. The molecule has 1 aliphatic carbocycles. The van der Waals surface area contributed by atoms with Crippen molar-refractivity contribution in [3.05, 3.63) is 119 Å². The van der Waals surface area contributed by atoms with Gasteiger partial charge in [0.1, 0.15) is 0 Å². The Bertz CT molecular complexity index is 1740. The van der Waals surface area contributed by atoms with E-state index in [1.165, 1.54) is 93.7 Å². The van der Waals surface area contributed by atoms with Gasteiger partial charge in [0, 0.05) is 28.8 Å². The van der Waals surface area contributed by atoms with Crippen LogP contribution in [0.25, 0.3) is 27.1 Å². The molecular formula is C42H49N. The third-order valence-corrected chi connectivity index (χ3v) is 10.2. The average molecular weight is 568 g/mol. The molecule has 43 heavy (non-hydrogen) atoms. The summed E-state index contributed by atoms with van der Waals surface area (Å²) in [6, 6.07) is 27.3. The summed E-state index contributed by atoms with van der Waals surface area (Å²) in [6.07, 6.45) is 15.9. The largest absolute Gasteiger partial charge is 0.344 e. The van der Waals surface area contributed by atoms with E-state index < -0.39 is 0 Å². The van der Waals surface area contributed by atoms with E-state index in [2.05, 4.69) is 137 Å². The Morgan fingerprint density at radius 2 is 1.28 bits per heavy atom. The number of rotatable bonds is 10. The molecule has 2 aliphatic rings. The van der Waals surface area contributed by atoms with Crippen LogP contribution in [0.4, 0.5) is 5.69 Å². The fourth-order valence-electron chi connectivity index (χ4n) is 8.02. The molecule has 0 saturated carbocycles. The van der Waals surface area contributed by atoms with Crippen molar-refractivity contribution >= 4 is 32.8 Å². The summed E-state index contributed by atoms with van der Waals surface area (Å²) < 4.78 is 0. The van der Waals surface area contributed by atoms with Gasteiger partial charge in [-0.05, 0) is 80.8 Å². The van der Waals surface area contributed by atoms with Crippen molar-refractivity contribution in [1.29, 1.82) is 0 Å². The van der Waals surface area contributed by atoms with Crippen LogP contribution in [0.2, 0.25) is 0 Å². The molecule has 0 unspecified atom stereocenters. The highest BCUT2D eigenvalue weighted by atomic mass is 15.2. The van der Waals surface area contributed by atoms with Crippen molar-refractivity contribution in [2.75, 3.05) is 11.4 Å². The van der Waals surface area contributed by atoms with Crippen molar-refractivity contribution in [3.8, 4) is 0 Å². The molecule has 1 nitrogen and oxygen atoms in total. The van der Waals surface area contributed by atoms with Gasteiger partial charge in [0.25, 0.3) is 0 Å². The predicted octanol–water partition coefficient (Wildman–Crippen LogP) is 12.0. The standard InChI is InChI=1S/C42H49N/c1-7-9-11-22-34-35-27-25-30-18-12-14-20-32(30)39(35)41(3,4)36(34)23-17-24-38-42(5,6)40-33-21-15-13-19-31(33)26-28-37(40)43(38)29-16-10-8-2/h12-15,17-21,23-28H,7-11,16,22,29H2,1-6H3/b23-17+,38-24-. The zero-order valence-corrected chi connectivity index (χ0v) is 27.3. The van der Waals surface area contributed by atoms with Crippen LogP contribution in [-0.4, -0.2) is 6.54 Å². The summed E-state index contributed by atoms with van der Waals surface area (Å²) in [7, 11) is 0. The van der Waals surface area contributed by atoms with E-state index in [-0.39, 0.29) is 10.8 Å². The Kier molecular flexibility index (Phi) is 8.12. The molecule has 0 aromatic heterocycles. The van der Waals surface area contributed by atoms with Crippen LogP contribution >= 0.6 is 0 Å². The zero-order valence-electron chi connectivity index (χ0n) is 27.3. The Hall–Kier alpha value is -3.58. The number of benzene rings is 4. The first-order valence-electron chi connectivity index (χ1n) is 16.8. The highest BCUT2D eigenvalue weighted by Crippen LogP contribution is 2.52. The Balaban J connectivity index is 1.44. The first kappa shape index (κ1) is 29.5. The highest BCUT2D eigenvalue weighted by molar-refractivity contribution is 5.97. The third-order valence-electron chi connectivity index (χ3n) is 10.2. The summed E-state index contributed by atoms with van der Waals surface area (Å²) in [5, 5.41) is 5.47. The Morgan fingerprint density at radius 1 is 0.651 bits per heavy atom. The first-order valence-corrected chi connectivity index (χ1v) is 16.8. The number of nitrogens with zero attached hydrogens (tertiary/aromatic N) is 1. The van der Waals surface area contributed by atoms with Crippen LogP contribution in [0.5, 0.6) is 0 Å². The fourth-order valence-corrected chi connectivity index (χ4v) is 8.02. The lowest BCUT2D eigenvalue weighted by atomic mass is 9.78. The minimum absolute atomic E-state index is 0.0437. The minimum atomic E-state index is -0.0740. The van der Waals surface area contributed by atoms with Gasteiger partial charge in [-0.3, -0.25) is 0 Å². The van der Waals surface area contributed by atoms with Gasteiger partial charge in [-0.15, -0.1) is 0 Å². The molecule has 6 rings (SSSR count). The van der Waals surface area contributed by atoms with Gasteiger partial charge in [-0.25, -0.2) is 0 Å². The van der Waals surface area contributed by atoms with Gasteiger partial charge < -0.3 is 4.90 Å². The number of anilines is 1. The van der Waals surface area contributed by atoms with Crippen LogP contribution in [0, 0.1) is 0 Å². The van der Waals surface area contributed by atoms with E-state index in [9.17, 15) is 0 Å². The lowest BCUT2D eigenvalue weighted by Gasteiger charge is -2.27. The molecule has 0 saturated heterocycles. The molecule has 1 heterocycles. The number of fused-ring (bicyclic) bond motifs is 6. The molecule has 1 heteroatoms. The molecule has 0 spiro atoms. The Morgan fingerprint density at radius 3 is 1.98 bits per heavy atom. The molecular weight excluding hydrogens is 518 g/mol. The fraction of sp³-hybridized carbons (Fsp3) is 0.381. The minimum Gasteiger partial charge on any atom is -0.344 e. The molecule has 0 amide bonds. The quantitative estimate of drug-likeness (QED) is 0.172. The van der Waals surface area contributed by atoms with Crippen LogP contribution < -0.4 is 4.90 Å². The molecule has 222 valence electrons. The van der Waals surface area contributed by atoms with Gasteiger partial charge in [0.15, 0.2) is 0 Å². The first-order chi connectivity index (χ1) is 20.8. The predicted molar refractivity (Wildman–Crippen MR) is 189 cm³/mol. The van der Waals surface area contributed by atoms with Crippen molar-refractivity contribution in [1.82, 2.24) is 0 Å². The van der Waals surface area contributed by atoms with Crippen molar-refractivity contribution < 1.29 is 0 Å². The lowest BCUT2D eigenvalue weighted by Crippen LogP contribution is -2.27. The maximum Gasteiger partial charge on any atom is 0.0457 e. The van der Waals surface area contributed by atoms with Crippen molar-refractivity contribution in [2.24, 2.45) is 0 Å². The van der Waals surface area contributed by atoms with E-state index in [1.54, 1.807) is 5.57 Å². The van der Waals surface area contributed by atoms with Crippen LogP contribution in [0.15, 0.2) is 102 Å². The molecule has 0 radical (unpaired) electrons. The number of hydrogen-bond donors (Lipinski definition) is 0. The molecule has 0 fully saturated rings. The van der Waals surface area contributed by atoms with Crippen molar-refractivity contribution in [2.45, 2.75) is 97.3 Å². The molecule has 0 atom stereocenters. The molecule has 0 N–H and O–H groups in total. The van der Waals surface area contributed by atoms with Crippen molar-refractivity contribution in [3.63, 3.8) is 0 Å². The molecule has 0 bridgehead atoms. The van der Waals surface area contributed by atoms with Gasteiger partial charge in [-0.2, -0.15) is 0 Å². The second-order valence-electron chi connectivity index (χ2n) is 13.8. The SMILES string of the molecule is CCCCCC1=C(/C=C/C=C2\N(CCCCC)c3ccc4ccccc4c3C2(C)C)C(C)(C)c2c1ccc1ccccc21. The smallest absolute Gasteiger partial charge is 0.0457 e. The van der Waals surface area contributed by atoms with Crippen LogP contribution in [0.1, 0.15) is 103 Å².